The molecule has 0 radical (unpaired) electrons. The molecule has 2 amide bonds. The van der Waals surface area contributed by atoms with E-state index in [4.69, 9.17) is 20.8 Å². The first-order valence-corrected chi connectivity index (χ1v) is 8.47. The van der Waals surface area contributed by atoms with Crippen molar-refractivity contribution >= 4 is 29.1 Å². The van der Waals surface area contributed by atoms with Gasteiger partial charge < -0.3 is 19.4 Å². The molecule has 2 heterocycles. The zero-order valence-electron chi connectivity index (χ0n) is 13.8. The Kier molecular flexibility index (Phi) is 5.28. The van der Waals surface area contributed by atoms with Gasteiger partial charge in [-0.15, -0.1) is 0 Å². The van der Waals surface area contributed by atoms with Gasteiger partial charge in [0.15, 0.2) is 11.5 Å². The Labute approximate surface area is 150 Å². The van der Waals surface area contributed by atoms with E-state index in [-0.39, 0.29) is 17.6 Å². The number of methoxy groups -OCH3 is 1. The predicted octanol–water partition coefficient (Wildman–Crippen LogP) is 3.58. The van der Waals surface area contributed by atoms with Crippen LogP contribution in [0.2, 0.25) is 5.02 Å². The van der Waals surface area contributed by atoms with Crippen molar-refractivity contribution in [2.45, 2.75) is 25.3 Å². The van der Waals surface area contributed by atoms with Crippen molar-refractivity contribution < 1.29 is 18.7 Å². The normalized spacial score (nSPS) is 17.2. The van der Waals surface area contributed by atoms with Crippen molar-refractivity contribution in [3.05, 3.63) is 47.4 Å². The van der Waals surface area contributed by atoms with Crippen molar-refractivity contribution in [3.8, 4) is 5.75 Å². The summed E-state index contributed by atoms with van der Waals surface area (Å²) >= 11 is 6.09. The Hall–Kier alpha value is -2.47. The van der Waals surface area contributed by atoms with Gasteiger partial charge in [-0.05, 0) is 43.5 Å². The van der Waals surface area contributed by atoms with Crippen LogP contribution in [0, 0.1) is 0 Å². The second-order valence-corrected chi connectivity index (χ2v) is 6.20. The van der Waals surface area contributed by atoms with E-state index in [0.717, 1.165) is 12.8 Å². The Morgan fingerprint density at radius 2 is 2.12 bits per heavy atom. The van der Waals surface area contributed by atoms with Gasteiger partial charge in [-0.3, -0.25) is 9.59 Å². The van der Waals surface area contributed by atoms with E-state index >= 15 is 0 Å². The topological polar surface area (TPSA) is 71.8 Å². The molecule has 25 heavy (non-hydrogen) atoms. The van der Waals surface area contributed by atoms with Gasteiger partial charge in [-0.25, -0.2) is 0 Å². The summed E-state index contributed by atoms with van der Waals surface area (Å²) in [7, 11) is 1.49. The lowest BCUT2D eigenvalue weighted by Crippen LogP contribution is -2.49. The van der Waals surface area contributed by atoms with Crippen LogP contribution >= 0.6 is 11.6 Å². The van der Waals surface area contributed by atoms with Crippen LogP contribution in [0.15, 0.2) is 41.0 Å². The largest absolute Gasteiger partial charge is 0.493 e. The summed E-state index contributed by atoms with van der Waals surface area (Å²) in [5, 5.41) is 3.24. The summed E-state index contributed by atoms with van der Waals surface area (Å²) in [5.41, 5.74) is 0.482. The van der Waals surface area contributed by atoms with E-state index in [9.17, 15) is 9.59 Å². The number of rotatable bonds is 4. The number of piperidine rings is 1. The molecule has 0 aliphatic carbocycles. The molecule has 1 aromatic carbocycles. The number of halogens is 1. The zero-order valence-corrected chi connectivity index (χ0v) is 14.6. The fourth-order valence-corrected chi connectivity index (χ4v) is 3.27. The molecule has 1 atom stereocenters. The highest BCUT2D eigenvalue weighted by molar-refractivity contribution is 6.32. The lowest BCUT2D eigenvalue weighted by Gasteiger charge is -2.34. The fraction of sp³-hybridized carbons (Fsp3) is 0.333. The monoisotopic (exact) mass is 362 g/mol. The highest BCUT2D eigenvalue weighted by Gasteiger charge is 2.34. The molecule has 132 valence electrons. The first kappa shape index (κ1) is 17.4. The molecule has 1 saturated heterocycles. The van der Waals surface area contributed by atoms with E-state index in [1.165, 1.54) is 13.4 Å². The number of ether oxygens (including phenoxy) is 1. The van der Waals surface area contributed by atoms with Gasteiger partial charge in [-0.2, -0.15) is 0 Å². The van der Waals surface area contributed by atoms with Gasteiger partial charge in [0.05, 0.1) is 24.1 Å². The number of likely N-dealkylation sites (tertiary alicyclic amines) is 1. The van der Waals surface area contributed by atoms with Crippen molar-refractivity contribution in [1.82, 2.24) is 4.90 Å². The third-order valence-electron chi connectivity index (χ3n) is 4.23. The Morgan fingerprint density at radius 1 is 1.28 bits per heavy atom. The fourth-order valence-electron chi connectivity index (χ4n) is 3.02. The minimum Gasteiger partial charge on any atom is -0.493 e. The maximum Gasteiger partial charge on any atom is 0.290 e. The zero-order chi connectivity index (χ0) is 17.8. The third kappa shape index (κ3) is 3.64. The van der Waals surface area contributed by atoms with Gasteiger partial charge in [0, 0.05) is 6.54 Å². The quantitative estimate of drug-likeness (QED) is 0.902. The van der Waals surface area contributed by atoms with Crippen LogP contribution in [-0.4, -0.2) is 36.4 Å². The summed E-state index contributed by atoms with van der Waals surface area (Å²) in [6, 6.07) is 7.82. The molecule has 1 aliphatic rings. The number of amides is 2. The molecular formula is C18H19ClN2O4. The molecule has 7 heteroatoms. The van der Waals surface area contributed by atoms with Gasteiger partial charge in [0.2, 0.25) is 5.91 Å². The number of anilines is 1. The lowest BCUT2D eigenvalue weighted by atomic mass is 10.0. The maximum atomic E-state index is 12.8. The second kappa shape index (κ2) is 7.61. The Morgan fingerprint density at radius 3 is 2.84 bits per heavy atom. The predicted molar refractivity (Wildman–Crippen MR) is 94.0 cm³/mol. The highest BCUT2D eigenvalue weighted by atomic mass is 35.5. The number of hydrogen-bond donors (Lipinski definition) is 1. The SMILES string of the molecule is COc1c(Cl)cccc1NC(=O)C1CCCCN1C(=O)c1ccco1. The molecule has 2 aromatic rings. The summed E-state index contributed by atoms with van der Waals surface area (Å²) in [5.74, 6) is 0.0976. The van der Waals surface area contributed by atoms with E-state index in [0.29, 0.717) is 29.4 Å². The van der Waals surface area contributed by atoms with Gasteiger partial charge >= 0.3 is 0 Å². The molecule has 0 spiro atoms. The van der Waals surface area contributed by atoms with Crippen molar-refractivity contribution in [2.75, 3.05) is 19.0 Å². The number of furan rings is 1. The number of nitrogens with one attached hydrogen (secondary N) is 1. The average Bonchev–Trinajstić information content (AvgIpc) is 3.16. The molecule has 6 nitrogen and oxygen atoms in total. The van der Waals surface area contributed by atoms with Crippen LogP contribution in [0.25, 0.3) is 0 Å². The smallest absolute Gasteiger partial charge is 0.290 e. The number of carbonyl (C=O) groups excluding carboxylic acids is 2. The summed E-state index contributed by atoms with van der Waals surface area (Å²) in [6.07, 6.45) is 3.79. The van der Waals surface area contributed by atoms with E-state index in [2.05, 4.69) is 5.32 Å². The Balaban J connectivity index is 1.80. The number of carbonyl (C=O) groups is 2. The second-order valence-electron chi connectivity index (χ2n) is 5.80. The lowest BCUT2D eigenvalue weighted by molar-refractivity contribution is -0.121. The molecule has 1 aliphatic heterocycles. The Bertz CT molecular complexity index is 760. The maximum absolute atomic E-state index is 12.8. The van der Waals surface area contributed by atoms with Crippen LogP contribution in [-0.2, 0) is 4.79 Å². The first-order chi connectivity index (χ1) is 12.1. The van der Waals surface area contributed by atoms with Gasteiger partial charge in [0.1, 0.15) is 6.04 Å². The molecule has 3 rings (SSSR count). The van der Waals surface area contributed by atoms with E-state index in [1.54, 1.807) is 35.2 Å². The van der Waals surface area contributed by atoms with Gasteiger partial charge in [-0.1, -0.05) is 17.7 Å². The van der Waals surface area contributed by atoms with Crippen molar-refractivity contribution in [3.63, 3.8) is 0 Å². The number of nitrogens with zero attached hydrogens (tertiary/aromatic N) is 1. The standard InChI is InChI=1S/C18H19ClN2O4/c1-24-16-12(19)6-4-7-13(16)20-17(22)14-8-2-3-10-21(14)18(23)15-9-5-11-25-15/h4-7,9,11,14H,2-3,8,10H2,1H3,(H,20,22). The van der Waals surface area contributed by atoms with Crippen LogP contribution < -0.4 is 10.1 Å². The third-order valence-corrected chi connectivity index (χ3v) is 4.52. The van der Waals surface area contributed by atoms with Crippen LogP contribution in [0.5, 0.6) is 5.75 Å². The highest BCUT2D eigenvalue weighted by Crippen LogP contribution is 2.33. The molecule has 0 bridgehead atoms. The summed E-state index contributed by atoms with van der Waals surface area (Å²) in [6.45, 7) is 0.518. The summed E-state index contributed by atoms with van der Waals surface area (Å²) < 4.78 is 10.4. The molecule has 1 N–H and O–H groups in total. The summed E-state index contributed by atoms with van der Waals surface area (Å²) in [4.78, 5) is 27.0. The molecule has 0 saturated carbocycles. The molecule has 1 aromatic heterocycles. The van der Waals surface area contributed by atoms with Crippen molar-refractivity contribution in [2.24, 2.45) is 0 Å². The van der Waals surface area contributed by atoms with Crippen LogP contribution in [0.4, 0.5) is 5.69 Å². The van der Waals surface area contributed by atoms with Crippen LogP contribution in [0.1, 0.15) is 29.8 Å². The number of hydrogen-bond acceptors (Lipinski definition) is 4. The number of benzene rings is 1. The van der Waals surface area contributed by atoms with Crippen LogP contribution in [0.3, 0.4) is 0 Å². The number of para-hydroxylation sites is 1. The average molecular weight is 363 g/mol. The first-order valence-electron chi connectivity index (χ1n) is 8.09. The minimum absolute atomic E-state index is 0.236. The van der Waals surface area contributed by atoms with Gasteiger partial charge in [0.25, 0.3) is 5.91 Å². The minimum atomic E-state index is -0.560. The molecule has 1 unspecified atom stereocenters. The molecule has 1 fully saturated rings. The van der Waals surface area contributed by atoms with Crippen molar-refractivity contribution in [1.29, 1.82) is 0 Å². The van der Waals surface area contributed by atoms with E-state index < -0.39 is 6.04 Å². The van der Waals surface area contributed by atoms with E-state index in [1.807, 2.05) is 0 Å². The molecular weight excluding hydrogens is 344 g/mol.